The van der Waals surface area contributed by atoms with E-state index in [1.807, 2.05) is 11.8 Å². The third-order valence-electron chi connectivity index (χ3n) is 5.23. The van der Waals surface area contributed by atoms with Gasteiger partial charge in [0, 0.05) is 24.9 Å². The van der Waals surface area contributed by atoms with Crippen molar-refractivity contribution in [1.82, 2.24) is 15.4 Å². The Morgan fingerprint density at radius 1 is 1.28 bits per heavy atom. The number of aromatic nitrogens is 1. The van der Waals surface area contributed by atoms with E-state index in [-0.39, 0.29) is 5.91 Å². The Morgan fingerprint density at radius 3 is 2.68 bits per heavy atom. The Bertz CT molecular complexity index is 590. The zero-order valence-corrected chi connectivity index (χ0v) is 15.6. The van der Waals surface area contributed by atoms with E-state index in [0.29, 0.717) is 36.6 Å². The fraction of sp³-hybridized carbons (Fsp3) is 0.722. The smallest absolute Gasteiger partial charge is 0.293 e. The Labute approximate surface area is 153 Å². The second-order valence-electron chi connectivity index (χ2n) is 7.07. The monoisotopic (exact) mass is 365 g/mol. The Balaban J connectivity index is 1.61. The van der Waals surface area contributed by atoms with Crippen molar-refractivity contribution in [2.24, 2.45) is 5.92 Å². The number of hydrogen-bond donors (Lipinski definition) is 1. The molecule has 1 aromatic rings. The number of amides is 2. The van der Waals surface area contributed by atoms with Crippen LogP contribution in [0.15, 0.2) is 9.42 Å². The van der Waals surface area contributed by atoms with Crippen molar-refractivity contribution in [3.05, 3.63) is 11.5 Å². The molecule has 6 nitrogen and oxygen atoms in total. The molecule has 1 aromatic heterocycles. The molecule has 2 fully saturated rings. The number of likely N-dealkylation sites (tertiary alicyclic amines) is 1. The van der Waals surface area contributed by atoms with Crippen molar-refractivity contribution < 1.29 is 14.1 Å². The lowest BCUT2D eigenvalue weighted by atomic mass is 9.96. The third kappa shape index (κ3) is 4.57. The van der Waals surface area contributed by atoms with Gasteiger partial charge in [0.05, 0.1) is 10.6 Å². The van der Waals surface area contributed by atoms with Crippen LogP contribution in [-0.4, -0.2) is 47.3 Å². The Hall–Kier alpha value is -1.50. The van der Waals surface area contributed by atoms with Gasteiger partial charge in [0.1, 0.15) is 0 Å². The molecule has 25 heavy (non-hydrogen) atoms. The molecule has 3 rings (SSSR count). The second kappa shape index (κ2) is 8.74. The molecule has 1 saturated heterocycles. The van der Waals surface area contributed by atoms with Crippen LogP contribution in [0.1, 0.15) is 61.2 Å². The summed E-state index contributed by atoms with van der Waals surface area (Å²) in [4.78, 5) is 26.1. The summed E-state index contributed by atoms with van der Waals surface area (Å²) in [5.41, 5.74) is 0.823. The van der Waals surface area contributed by atoms with Gasteiger partial charge in [-0.15, -0.1) is 11.8 Å². The van der Waals surface area contributed by atoms with Crippen molar-refractivity contribution in [1.29, 1.82) is 0 Å². The van der Waals surface area contributed by atoms with E-state index in [1.165, 1.54) is 32.1 Å². The predicted molar refractivity (Wildman–Crippen MR) is 96.7 cm³/mol. The van der Waals surface area contributed by atoms with Gasteiger partial charge in [0.25, 0.3) is 5.91 Å². The summed E-state index contributed by atoms with van der Waals surface area (Å²) in [6, 6.07) is 0. The largest absolute Gasteiger partial charge is 0.358 e. The number of thioether (sulfide) groups is 1. The Kier molecular flexibility index (Phi) is 6.39. The standard InChI is InChI=1S/C18H27N3O3S/c1-13-17(25-15-5-3-2-4-6-15)16(24-20-13)18(23)21-9-7-14(8-10-21)11-19-12-22/h12,14-15H,2-11H2,1H3,(H,19,22). The van der Waals surface area contributed by atoms with Crippen LogP contribution < -0.4 is 5.32 Å². The van der Waals surface area contributed by atoms with Gasteiger partial charge in [-0.2, -0.15) is 0 Å². The summed E-state index contributed by atoms with van der Waals surface area (Å²) in [6.45, 7) is 4.02. The van der Waals surface area contributed by atoms with Gasteiger partial charge in [-0.25, -0.2) is 0 Å². The minimum Gasteiger partial charge on any atom is -0.358 e. The number of hydrogen-bond acceptors (Lipinski definition) is 5. The van der Waals surface area contributed by atoms with E-state index in [0.717, 1.165) is 29.8 Å². The summed E-state index contributed by atoms with van der Waals surface area (Å²) in [5, 5.41) is 7.37. The van der Waals surface area contributed by atoms with Crippen molar-refractivity contribution in [2.45, 2.75) is 62.0 Å². The maximum Gasteiger partial charge on any atom is 0.293 e. The third-order valence-corrected chi connectivity index (χ3v) is 6.75. The lowest BCUT2D eigenvalue weighted by molar-refractivity contribution is -0.109. The molecular weight excluding hydrogens is 338 g/mol. The van der Waals surface area contributed by atoms with Gasteiger partial charge in [-0.05, 0) is 38.5 Å². The van der Waals surface area contributed by atoms with Crippen LogP contribution >= 0.6 is 11.8 Å². The molecule has 2 amide bonds. The molecule has 0 radical (unpaired) electrons. The van der Waals surface area contributed by atoms with E-state index in [4.69, 9.17) is 4.52 Å². The number of aryl methyl sites for hydroxylation is 1. The molecule has 1 N–H and O–H groups in total. The molecule has 0 aromatic carbocycles. The molecule has 2 heterocycles. The minimum absolute atomic E-state index is 0.0410. The molecule has 0 atom stereocenters. The predicted octanol–water partition coefficient (Wildman–Crippen LogP) is 3.01. The van der Waals surface area contributed by atoms with Gasteiger partial charge >= 0.3 is 0 Å². The van der Waals surface area contributed by atoms with Crippen molar-refractivity contribution in [3.8, 4) is 0 Å². The van der Waals surface area contributed by atoms with E-state index in [1.54, 1.807) is 11.8 Å². The van der Waals surface area contributed by atoms with Crippen LogP contribution in [0.2, 0.25) is 0 Å². The molecule has 0 unspecified atom stereocenters. The van der Waals surface area contributed by atoms with Gasteiger partial charge in [0.2, 0.25) is 12.2 Å². The number of rotatable bonds is 6. The van der Waals surface area contributed by atoms with E-state index in [2.05, 4.69) is 10.5 Å². The van der Waals surface area contributed by atoms with Crippen LogP contribution in [0.4, 0.5) is 0 Å². The first-order chi connectivity index (χ1) is 12.2. The average molecular weight is 365 g/mol. The van der Waals surface area contributed by atoms with Crippen molar-refractivity contribution >= 4 is 24.1 Å². The zero-order valence-electron chi connectivity index (χ0n) is 14.8. The first kappa shape index (κ1) is 18.3. The zero-order chi connectivity index (χ0) is 17.6. The quantitative estimate of drug-likeness (QED) is 0.784. The molecule has 7 heteroatoms. The van der Waals surface area contributed by atoms with Crippen LogP contribution in [0.5, 0.6) is 0 Å². The highest BCUT2D eigenvalue weighted by molar-refractivity contribution is 8.00. The van der Waals surface area contributed by atoms with Crippen molar-refractivity contribution in [3.63, 3.8) is 0 Å². The lowest BCUT2D eigenvalue weighted by Crippen LogP contribution is -2.40. The molecular formula is C18H27N3O3S. The van der Waals surface area contributed by atoms with Crippen LogP contribution in [0.25, 0.3) is 0 Å². The normalized spacial score (nSPS) is 19.8. The average Bonchev–Trinajstić information content (AvgIpc) is 3.01. The highest BCUT2D eigenvalue weighted by atomic mass is 32.2. The SMILES string of the molecule is Cc1noc(C(=O)N2CCC(CNC=O)CC2)c1SC1CCCCC1. The molecule has 1 saturated carbocycles. The van der Waals surface area contributed by atoms with Crippen LogP contribution in [-0.2, 0) is 4.79 Å². The Morgan fingerprint density at radius 2 is 2.00 bits per heavy atom. The topological polar surface area (TPSA) is 75.4 Å². The summed E-state index contributed by atoms with van der Waals surface area (Å²) in [6.07, 6.45) is 8.83. The van der Waals surface area contributed by atoms with Gasteiger partial charge in [-0.1, -0.05) is 24.4 Å². The summed E-state index contributed by atoms with van der Waals surface area (Å²) in [5.74, 6) is 0.819. The van der Waals surface area contributed by atoms with Gasteiger partial charge in [0.15, 0.2) is 0 Å². The van der Waals surface area contributed by atoms with Crippen LogP contribution in [0, 0.1) is 12.8 Å². The van der Waals surface area contributed by atoms with E-state index in [9.17, 15) is 9.59 Å². The number of nitrogens with one attached hydrogen (secondary N) is 1. The molecule has 2 aliphatic rings. The lowest BCUT2D eigenvalue weighted by Gasteiger charge is -2.31. The molecule has 0 bridgehead atoms. The molecule has 138 valence electrons. The van der Waals surface area contributed by atoms with Crippen LogP contribution in [0.3, 0.4) is 0 Å². The summed E-state index contributed by atoms with van der Waals surface area (Å²) >= 11 is 1.78. The first-order valence-electron chi connectivity index (χ1n) is 9.28. The first-order valence-corrected chi connectivity index (χ1v) is 10.2. The van der Waals surface area contributed by atoms with E-state index >= 15 is 0 Å². The van der Waals surface area contributed by atoms with Gasteiger partial charge < -0.3 is 14.7 Å². The fourth-order valence-electron chi connectivity index (χ4n) is 3.68. The second-order valence-corrected chi connectivity index (χ2v) is 8.38. The van der Waals surface area contributed by atoms with Crippen molar-refractivity contribution in [2.75, 3.05) is 19.6 Å². The number of carbonyl (C=O) groups excluding carboxylic acids is 2. The maximum absolute atomic E-state index is 12.9. The molecule has 0 spiro atoms. The molecule has 1 aliphatic heterocycles. The maximum atomic E-state index is 12.9. The summed E-state index contributed by atoms with van der Waals surface area (Å²) < 4.78 is 5.42. The van der Waals surface area contributed by atoms with Gasteiger partial charge in [-0.3, -0.25) is 9.59 Å². The minimum atomic E-state index is -0.0410. The highest BCUT2D eigenvalue weighted by Crippen LogP contribution is 2.37. The number of carbonyl (C=O) groups is 2. The van der Waals surface area contributed by atoms with E-state index < -0.39 is 0 Å². The molecule has 1 aliphatic carbocycles. The number of nitrogens with zero attached hydrogens (tertiary/aromatic N) is 2. The summed E-state index contributed by atoms with van der Waals surface area (Å²) in [7, 11) is 0. The number of piperidine rings is 1. The highest BCUT2D eigenvalue weighted by Gasteiger charge is 2.30. The fourth-order valence-corrected chi connectivity index (χ4v) is 5.03.